The van der Waals surface area contributed by atoms with E-state index >= 15 is 0 Å². The number of H-pyrrole nitrogens is 1. The number of carbonyl (C=O) groups excluding carboxylic acids is 1. The zero-order valence-electron chi connectivity index (χ0n) is 11.4. The molecule has 0 bridgehead atoms. The molecule has 0 unspecified atom stereocenters. The molecule has 3 rings (SSSR count). The van der Waals surface area contributed by atoms with Gasteiger partial charge in [0.25, 0.3) is 0 Å². The molecule has 3 nitrogen and oxygen atoms in total. The molecule has 3 heteroatoms. The number of ketones is 1. The van der Waals surface area contributed by atoms with Gasteiger partial charge in [-0.05, 0) is 25.1 Å². The van der Waals surface area contributed by atoms with Gasteiger partial charge in [-0.3, -0.25) is 4.79 Å². The topological polar surface area (TPSA) is 42.1 Å². The molecule has 0 saturated carbocycles. The summed E-state index contributed by atoms with van der Waals surface area (Å²) >= 11 is 0. The molecule has 0 fully saturated rings. The van der Waals surface area contributed by atoms with Gasteiger partial charge in [-0.15, -0.1) is 0 Å². The van der Waals surface area contributed by atoms with Crippen LogP contribution in [0.15, 0.2) is 48.7 Å². The van der Waals surface area contributed by atoms with E-state index in [4.69, 9.17) is 4.74 Å². The first-order valence-corrected chi connectivity index (χ1v) is 6.46. The van der Waals surface area contributed by atoms with E-state index in [1.54, 1.807) is 13.3 Å². The van der Waals surface area contributed by atoms with Crippen LogP contribution in [0.5, 0.6) is 5.75 Å². The largest absolute Gasteiger partial charge is 0.496 e. The number of para-hydroxylation sites is 1. The van der Waals surface area contributed by atoms with Crippen molar-refractivity contribution in [2.45, 2.75) is 6.92 Å². The summed E-state index contributed by atoms with van der Waals surface area (Å²) in [5.74, 6) is 0.578. The van der Waals surface area contributed by atoms with Gasteiger partial charge in [0, 0.05) is 22.7 Å². The van der Waals surface area contributed by atoms with Gasteiger partial charge in [-0.1, -0.05) is 29.8 Å². The second-order valence-electron chi connectivity index (χ2n) is 4.78. The van der Waals surface area contributed by atoms with Gasteiger partial charge in [-0.2, -0.15) is 0 Å². The van der Waals surface area contributed by atoms with Gasteiger partial charge < -0.3 is 9.72 Å². The Labute approximate surface area is 117 Å². The summed E-state index contributed by atoms with van der Waals surface area (Å²) in [5.41, 5.74) is 3.26. The van der Waals surface area contributed by atoms with Crippen LogP contribution in [0, 0.1) is 6.92 Å². The molecule has 0 saturated heterocycles. The van der Waals surface area contributed by atoms with E-state index in [0.29, 0.717) is 16.9 Å². The first-order valence-electron chi connectivity index (χ1n) is 6.46. The second kappa shape index (κ2) is 4.85. The summed E-state index contributed by atoms with van der Waals surface area (Å²) in [6.45, 7) is 1.96. The molecule has 0 aliphatic carbocycles. The molecule has 1 heterocycles. The van der Waals surface area contributed by atoms with Crippen molar-refractivity contribution in [3.63, 3.8) is 0 Å². The number of aryl methyl sites for hydroxylation is 1. The minimum absolute atomic E-state index is 0.0250. The van der Waals surface area contributed by atoms with E-state index in [9.17, 15) is 4.79 Å². The molecule has 0 aliphatic heterocycles. The van der Waals surface area contributed by atoms with Crippen LogP contribution >= 0.6 is 0 Å². The number of methoxy groups -OCH3 is 1. The Bertz CT molecular complexity index is 787. The van der Waals surface area contributed by atoms with Crippen molar-refractivity contribution in [1.29, 1.82) is 0 Å². The van der Waals surface area contributed by atoms with E-state index in [-0.39, 0.29) is 5.78 Å². The maximum atomic E-state index is 12.8. The van der Waals surface area contributed by atoms with Crippen molar-refractivity contribution < 1.29 is 9.53 Å². The number of benzene rings is 2. The Kier molecular flexibility index (Phi) is 3.03. The number of aromatic amines is 1. The average Bonchev–Trinajstić information content (AvgIpc) is 2.90. The minimum Gasteiger partial charge on any atom is -0.496 e. The third kappa shape index (κ3) is 1.97. The van der Waals surface area contributed by atoms with Crippen molar-refractivity contribution in [3.05, 3.63) is 65.4 Å². The van der Waals surface area contributed by atoms with E-state index in [1.807, 2.05) is 49.4 Å². The molecule has 1 aromatic heterocycles. The molecule has 0 atom stereocenters. The highest BCUT2D eigenvalue weighted by Crippen LogP contribution is 2.26. The molecule has 0 amide bonds. The third-order valence-corrected chi connectivity index (χ3v) is 3.43. The Morgan fingerprint density at radius 2 is 1.90 bits per heavy atom. The maximum absolute atomic E-state index is 12.8. The lowest BCUT2D eigenvalue weighted by Crippen LogP contribution is -2.03. The molecule has 1 N–H and O–H groups in total. The molecular weight excluding hydrogens is 250 g/mol. The van der Waals surface area contributed by atoms with Crippen LogP contribution in [0.25, 0.3) is 10.9 Å². The first-order chi connectivity index (χ1) is 9.70. The van der Waals surface area contributed by atoms with E-state index in [0.717, 1.165) is 16.5 Å². The Hall–Kier alpha value is -2.55. The number of aromatic nitrogens is 1. The van der Waals surface area contributed by atoms with Gasteiger partial charge >= 0.3 is 0 Å². The Morgan fingerprint density at radius 3 is 2.70 bits per heavy atom. The van der Waals surface area contributed by atoms with Crippen molar-refractivity contribution in [3.8, 4) is 5.75 Å². The number of ether oxygens (including phenoxy) is 1. The van der Waals surface area contributed by atoms with Crippen LogP contribution in [0.1, 0.15) is 21.5 Å². The van der Waals surface area contributed by atoms with Crippen LogP contribution in [-0.4, -0.2) is 17.9 Å². The number of nitrogens with one attached hydrogen (secondary N) is 1. The standard InChI is InChI=1S/C17H15NO2/c1-11-7-8-16(20-2)13(9-11)17(19)14-10-18-15-6-4-3-5-12(14)15/h3-10,18H,1-2H3. The fraction of sp³-hybridized carbons (Fsp3) is 0.118. The highest BCUT2D eigenvalue weighted by Gasteiger charge is 2.17. The van der Waals surface area contributed by atoms with Gasteiger partial charge in [0.15, 0.2) is 5.78 Å². The average molecular weight is 265 g/mol. The number of hydrogen-bond donors (Lipinski definition) is 1. The zero-order chi connectivity index (χ0) is 14.1. The molecule has 3 aromatic rings. The van der Waals surface area contributed by atoms with Gasteiger partial charge in [0.1, 0.15) is 5.75 Å². The highest BCUT2D eigenvalue weighted by molar-refractivity contribution is 6.17. The summed E-state index contributed by atoms with van der Waals surface area (Å²) in [7, 11) is 1.58. The summed E-state index contributed by atoms with van der Waals surface area (Å²) in [6.07, 6.45) is 1.76. The van der Waals surface area contributed by atoms with E-state index in [1.165, 1.54) is 0 Å². The van der Waals surface area contributed by atoms with Crippen LogP contribution in [0.3, 0.4) is 0 Å². The van der Waals surface area contributed by atoms with Gasteiger partial charge in [0.2, 0.25) is 0 Å². The number of carbonyl (C=O) groups is 1. The molecule has 0 spiro atoms. The predicted molar refractivity (Wildman–Crippen MR) is 79.5 cm³/mol. The van der Waals surface area contributed by atoms with Crippen LogP contribution in [-0.2, 0) is 0 Å². The molecule has 2 aromatic carbocycles. The smallest absolute Gasteiger partial charge is 0.198 e. The predicted octanol–water partition coefficient (Wildman–Crippen LogP) is 3.72. The number of fused-ring (bicyclic) bond motifs is 1. The van der Waals surface area contributed by atoms with Crippen LogP contribution in [0.2, 0.25) is 0 Å². The van der Waals surface area contributed by atoms with Gasteiger partial charge in [0.05, 0.1) is 12.7 Å². The lowest BCUT2D eigenvalue weighted by Gasteiger charge is -2.08. The Balaban J connectivity index is 2.15. The number of hydrogen-bond acceptors (Lipinski definition) is 2. The first kappa shape index (κ1) is 12.5. The van der Waals surface area contributed by atoms with Crippen molar-refractivity contribution >= 4 is 16.7 Å². The maximum Gasteiger partial charge on any atom is 0.198 e. The molecule has 20 heavy (non-hydrogen) atoms. The van der Waals surface area contributed by atoms with Crippen LogP contribution in [0.4, 0.5) is 0 Å². The molecule has 0 aliphatic rings. The quantitative estimate of drug-likeness (QED) is 0.733. The van der Waals surface area contributed by atoms with Crippen molar-refractivity contribution in [2.75, 3.05) is 7.11 Å². The summed E-state index contributed by atoms with van der Waals surface area (Å²) in [6, 6.07) is 13.4. The van der Waals surface area contributed by atoms with Crippen molar-refractivity contribution in [2.24, 2.45) is 0 Å². The summed E-state index contributed by atoms with van der Waals surface area (Å²) < 4.78 is 5.30. The fourth-order valence-corrected chi connectivity index (χ4v) is 2.40. The van der Waals surface area contributed by atoms with Crippen LogP contribution < -0.4 is 4.74 Å². The lowest BCUT2D eigenvalue weighted by atomic mass is 10.00. The second-order valence-corrected chi connectivity index (χ2v) is 4.78. The fourth-order valence-electron chi connectivity index (χ4n) is 2.40. The third-order valence-electron chi connectivity index (χ3n) is 3.43. The summed E-state index contributed by atoms with van der Waals surface area (Å²) in [4.78, 5) is 15.9. The minimum atomic E-state index is -0.0250. The SMILES string of the molecule is COc1ccc(C)cc1C(=O)c1c[nH]c2ccccc12. The zero-order valence-corrected chi connectivity index (χ0v) is 11.4. The highest BCUT2D eigenvalue weighted by atomic mass is 16.5. The lowest BCUT2D eigenvalue weighted by molar-refractivity contribution is 0.103. The molecular formula is C17H15NO2. The van der Waals surface area contributed by atoms with E-state index < -0.39 is 0 Å². The van der Waals surface area contributed by atoms with Gasteiger partial charge in [-0.25, -0.2) is 0 Å². The monoisotopic (exact) mass is 265 g/mol. The van der Waals surface area contributed by atoms with E-state index in [2.05, 4.69) is 4.98 Å². The molecule has 100 valence electrons. The molecule has 0 radical (unpaired) electrons. The normalized spacial score (nSPS) is 10.7. The summed E-state index contributed by atoms with van der Waals surface area (Å²) in [5, 5.41) is 0.932. The van der Waals surface area contributed by atoms with Crippen molar-refractivity contribution in [1.82, 2.24) is 4.98 Å². The number of rotatable bonds is 3. The Morgan fingerprint density at radius 1 is 1.10 bits per heavy atom.